The summed E-state index contributed by atoms with van der Waals surface area (Å²) < 4.78 is 1.85. The van der Waals surface area contributed by atoms with Crippen LogP contribution in [0.2, 0.25) is 0 Å². The van der Waals surface area contributed by atoms with Gasteiger partial charge in [0.15, 0.2) is 0 Å². The third kappa shape index (κ3) is 3.39. The molecule has 3 heterocycles. The van der Waals surface area contributed by atoms with E-state index in [0.717, 1.165) is 29.2 Å². The topological polar surface area (TPSA) is 81.4 Å². The molecule has 1 N–H and O–H groups in total. The van der Waals surface area contributed by atoms with Gasteiger partial charge in [-0.2, -0.15) is 5.10 Å². The van der Waals surface area contributed by atoms with Crippen LogP contribution >= 0.6 is 0 Å². The Morgan fingerprint density at radius 3 is 3.04 bits per heavy atom. The Hall–Kier alpha value is -2.70. The Morgan fingerprint density at radius 1 is 1.48 bits per heavy atom. The Morgan fingerprint density at radius 2 is 2.35 bits per heavy atom. The Labute approximate surface area is 134 Å². The van der Waals surface area contributed by atoms with E-state index >= 15 is 0 Å². The summed E-state index contributed by atoms with van der Waals surface area (Å²) in [6.07, 6.45) is 3.48. The summed E-state index contributed by atoms with van der Waals surface area (Å²) in [5.41, 5.74) is 3.40. The summed E-state index contributed by atoms with van der Waals surface area (Å²) in [6.45, 7) is 5.13. The smallest absolute Gasteiger partial charge is 0.264 e. The lowest BCUT2D eigenvalue weighted by Gasteiger charge is -2.08. The number of amides is 1. The Kier molecular flexibility index (Phi) is 4.36. The standard InChI is InChI=1S/C16H19N5O2/c1-3-21-10-13(11(2)19-21)14-8-15(23-20-14)16(22)18-9-12-6-4-5-7-17-12/h4-7,10,15H,3,8-9H2,1-2H3,(H,18,22)/t15-/m0/s1. The number of aromatic nitrogens is 3. The zero-order chi connectivity index (χ0) is 16.2. The van der Waals surface area contributed by atoms with Gasteiger partial charge in [0.1, 0.15) is 0 Å². The van der Waals surface area contributed by atoms with Crippen LogP contribution in [-0.2, 0) is 22.7 Å². The molecule has 3 rings (SSSR count). The number of hydrogen-bond donors (Lipinski definition) is 1. The van der Waals surface area contributed by atoms with Gasteiger partial charge in [-0.15, -0.1) is 0 Å². The zero-order valence-electron chi connectivity index (χ0n) is 13.2. The molecule has 2 aromatic rings. The molecular formula is C16H19N5O2. The van der Waals surface area contributed by atoms with Gasteiger partial charge in [-0.25, -0.2) is 0 Å². The molecule has 0 saturated carbocycles. The Balaban J connectivity index is 1.58. The van der Waals surface area contributed by atoms with Crippen molar-refractivity contribution < 1.29 is 9.63 Å². The number of nitrogens with zero attached hydrogens (tertiary/aromatic N) is 4. The van der Waals surface area contributed by atoms with Gasteiger partial charge in [0.25, 0.3) is 5.91 Å². The summed E-state index contributed by atoms with van der Waals surface area (Å²) >= 11 is 0. The highest BCUT2D eigenvalue weighted by Gasteiger charge is 2.30. The number of rotatable bonds is 5. The third-order valence-corrected chi connectivity index (χ3v) is 3.71. The minimum atomic E-state index is -0.599. The first-order valence-electron chi connectivity index (χ1n) is 7.62. The molecule has 0 spiro atoms. The maximum atomic E-state index is 12.2. The lowest BCUT2D eigenvalue weighted by molar-refractivity contribution is -0.131. The molecule has 1 amide bonds. The van der Waals surface area contributed by atoms with Crippen molar-refractivity contribution in [1.29, 1.82) is 0 Å². The van der Waals surface area contributed by atoms with Crippen molar-refractivity contribution in [2.45, 2.75) is 39.5 Å². The van der Waals surface area contributed by atoms with Crippen molar-refractivity contribution in [2.24, 2.45) is 5.16 Å². The molecule has 1 aliphatic rings. The van der Waals surface area contributed by atoms with Gasteiger partial charge in [0.2, 0.25) is 6.10 Å². The lowest BCUT2D eigenvalue weighted by atomic mass is 10.1. The largest absolute Gasteiger partial charge is 0.382 e. The molecule has 1 aliphatic heterocycles. The monoisotopic (exact) mass is 313 g/mol. The molecule has 1 atom stereocenters. The van der Waals surface area contributed by atoms with E-state index in [2.05, 4.69) is 20.6 Å². The van der Waals surface area contributed by atoms with Crippen LogP contribution < -0.4 is 5.32 Å². The van der Waals surface area contributed by atoms with E-state index in [4.69, 9.17) is 4.84 Å². The molecule has 0 fully saturated rings. The van der Waals surface area contributed by atoms with Crippen LogP contribution in [0.4, 0.5) is 0 Å². The molecule has 2 aromatic heterocycles. The predicted octanol–water partition coefficient (Wildman–Crippen LogP) is 1.42. The highest BCUT2D eigenvalue weighted by molar-refractivity contribution is 6.04. The maximum absolute atomic E-state index is 12.2. The van der Waals surface area contributed by atoms with Crippen LogP contribution in [0, 0.1) is 6.92 Å². The van der Waals surface area contributed by atoms with Gasteiger partial charge < -0.3 is 10.2 Å². The van der Waals surface area contributed by atoms with Crippen LogP contribution in [0.15, 0.2) is 35.7 Å². The first-order chi connectivity index (χ1) is 11.2. The normalized spacial score (nSPS) is 16.8. The average Bonchev–Trinajstić information content (AvgIpc) is 3.20. The predicted molar refractivity (Wildman–Crippen MR) is 84.7 cm³/mol. The summed E-state index contributed by atoms with van der Waals surface area (Å²) in [5, 5.41) is 11.3. The molecule has 7 heteroatoms. The van der Waals surface area contributed by atoms with E-state index in [1.54, 1.807) is 6.20 Å². The van der Waals surface area contributed by atoms with Gasteiger partial charge >= 0.3 is 0 Å². The van der Waals surface area contributed by atoms with Gasteiger partial charge in [-0.3, -0.25) is 14.5 Å². The van der Waals surface area contributed by atoms with E-state index in [0.29, 0.717) is 13.0 Å². The average molecular weight is 313 g/mol. The molecular weight excluding hydrogens is 294 g/mol. The number of aryl methyl sites for hydroxylation is 2. The van der Waals surface area contributed by atoms with Crippen molar-refractivity contribution in [3.8, 4) is 0 Å². The van der Waals surface area contributed by atoms with Gasteiger partial charge in [-0.1, -0.05) is 11.2 Å². The third-order valence-electron chi connectivity index (χ3n) is 3.71. The van der Waals surface area contributed by atoms with Crippen molar-refractivity contribution in [3.63, 3.8) is 0 Å². The highest BCUT2D eigenvalue weighted by Crippen LogP contribution is 2.19. The summed E-state index contributed by atoms with van der Waals surface area (Å²) in [7, 11) is 0. The van der Waals surface area contributed by atoms with Crippen molar-refractivity contribution >= 4 is 11.6 Å². The van der Waals surface area contributed by atoms with E-state index in [-0.39, 0.29) is 5.91 Å². The van der Waals surface area contributed by atoms with Gasteiger partial charge in [-0.05, 0) is 26.0 Å². The second-order valence-corrected chi connectivity index (χ2v) is 5.36. The second-order valence-electron chi connectivity index (χ2n) is 5.36. The molecule has 0 saturated heterocycles. The summed E-state index contributed by atoms with van der Waals surface area (Å²) in [6, 6.07) is 5.58. The van der Waals surface area contributed by atoms with Crippen molar-refractivity contribution in [3.05, 3.63) is 47.5 Å². The van der Waals surface area contributed by atoms with E-state index in [9.17, 15) is 4.79 Å². The van der Waals surface area contributed by atoms with Crippen molar-refractivity contribution in [2.75, 3.05) is 0 Å². The molecule has 7 nitrogen and oxygen atoms in total. The number of carbonyl (C=O) groups is 1. The Bertz CT molecular complexity index is 723. The minimum Gasteiger partial charge on any atom is -0.382 e. The summed E-state index contributed by atoms with van der Waals surface area (Å²) in [5.74, 6) is -0.185. The molecule has 0 unspecified atom stereocenters. The first kappa shape index (κ1) is 15.2. The van der Waals surface area contributed by atoms with Crippen LogP contribution in [0.5, 0.6) is 0 Å². The fraction of sp³-hybridized carbons (Fsp3) is 0.375. The number of oxime groups is 1. The number of hydrogen-bond acceptors (Lipinski definition) is 5. The number of carbonyl (C=O) groups excluding carboxylic acids is 1. The highest BCUT2D eigenvalue weighted by atomic mass is 16.6. The molecule has 120 valence electrons. The fourth-order valence-electron chi connectivity index (χ4n) is 2.43. The fourth-order valence-corrected chi connectivity index (χ4v) is 2.43. The second kappa shape index (κ2) is 6.60. The molecule has 0 aromatic carbocycles. The SMILES string of the molecule is CCn1cc(C2=NO[C@H](C(=O)NCc3ccccn3)C2)c(C)n1. The van der Waals surface area contributed by atoms with E-state index < -0.39 is 6.10 Å². The zero-order valence-corrected chi connectivity index (χ0v) is 13.2. The minimum absolute atomic E-state index is 0.185. The lowest BCUT2D eigenvalue weighted by Crippen LogP contribution is -2.34. The van der Waals surface area contributed by atoms with Crippen LogP contribution in [0.25, 0.3) is 0 Å². The van der Waals surface area contributed by atoms with Crippen LogP contribution in [-0.4, -0.2) is 32.5 Å². The number of nitrogens with one attached hydrogen (secondary N) is 1. The van der Waals surface area contributed by atoms with Crippen LogP contribution in [0.3, 0.4) is 0 Å². The van der Waals surface area contributed by atoms with E-state index in [1.165, 1.54) is 0 Å². The van der Waals surface area contributed by atoms with E-state index in [1.807, 2.05) is 42.9 Å². The molecule has 23 heavy (non-hydrogen) atoms. The van der Waals surface area contributed by atoms with Gasteiger partial charge in [0, 0.05) is 30.9 Å². The van der Waals surface area contributed by atoms with Gasteiger partial charge in [0.05, 0.1) is 23.6 Å². The molecule has 0 radical (unpaired) electrons. The quantitative estimate of drug-likeness (QED) is 0.905. The molecule has 0 aliphatic carbocycles. The maximum Gasteiger partial charge on any atom is 0.264 e. The summed E-state index contributed by atoms with van der Waals surface area (Å²) in [4.78, 5) is 21.6. The first-order valence-corrected chi connectivity index (χ1v) is 7.62. The van der Waals surface area contributed by atoms with Crippen molar-refractivity contribution in [1.82, 2.24) is 20.1 Å². The number of pyridine rings is 1. The van der Waals surface area contributed by atoms with Crippen LogP contribution in [0.1, 0.15) is 30.3 Å². The molecule has 0 bridgehead atoms.